The van der Waals surface area contributed by atoms with Crippen molar-refractivity contribution in [1.29, 1.82) is 0 Å². The number of carbonyl (C=O) groups is 2. The van der Waals surface area contributed by atoms with E-state index in [0.29, 0.717) is 21.5 Å². The van der Waals surface area contributed by atoms with Gasteiger partial charge in [0, 0.05) is 18.7 Å². The van der Waals surface area contributed by atoms with Crippen LogP contribution in [0.1, 0.15) is 12.5 Å². The predicted molar refractivity (Wildman–Crippen MR) is 91.9 cm³/mol. The Morgan fingerprint density at radius 3 is 2.35 bits per heavy atom. The first-order valence-electron chi connectivity index (χ1n) is 6.66. The molecule has 0 aliphatic carbocycles. The van der Waals surface area contributed by atoms with Crippen molar-refractivity contribution < 1.29 is 14.3 Å². The average Bonchev–Trinajstić information content (AvgIpc) is 2.50. The van der Waals surface area contributed by atoms with E-state index in [1.165, 1.54) is 13.0 Å². The number of halogens is 2. The zero-order chi connectivity index (χ0) is 16.8. The van der Waals surface area contributed by atoms with Gasteiger partial charge in [-0.2, -0.15) is 0 Å². The van der Waals surface area contributed by atoms with E-state index in [1.54, 1.807) is 48.5 Å². The van der Waals surface area contributed by atoms with Crippen molar-refractivity contribution in [3.8, 4) is 5.75 Å². The van der Waals surface area contributed by atoms with Crippen molar-refractivity contribution in [2.45, 2.75) is 6.92 Å². The molecule has 6 heteroatoms. The van der Waals surface area contributed by atoms with Gasteiger partial charge in [-0.3, -0.25) is 9.59 Å². The van der Waals surface area contributed by atoms with Gasteiger partial charge in [-0.15, -0.1) is 0 Å². The van der Waals surface area contributed by atoms with Crippen LogP contribution in [0.15, 0.2) is 48.5 Å². The predicted octanol–water partition coefficient (Wildman–Crippen LogP) is 4.57. The van der Waals surface area contributed by atoms with Gasteiger partial charge in [-0.1, -0.05) is 35.3 Å². The van der Waals surface area contributed by atoms with Crippen LogP contribution in [0.3, 0.4) is 0 Å². The molecule has 0 aliphatic rings. The second kappa shape index (κ2) is 7.81. The molecular weight excluding hydrogens is 337 g/mol. The normalized spacial score (nSPS) is 10.6. The van der Waals surface area contributed by atoms with E-state index in [9.17, 15) is 9.59 Å². The molecule has 0 unspecified atom stereocenters. The minimum Gasteiger partial charge on any atom is -0.427 e. The summed E-state index contributed by atoms with van der Waals surface area (Å²) in [7, 11) is 0. The number of nitrogens with one attached hydrogen (secondary N) is 1. The van der Waals surface area contributed by atoms with Crippen LogP contribution in [-0.4, -0.2) is 11.9 Å². The van der Waals surface area contributed by atoms with Crippen LogP contribution in [0, 0.1) is 0 Å². The minimum atomic E-state index is -0.380. The van der Waals surface area contributed by atoms with Gasteiger partial charge in [-0.25, -0.2) is 0 Å². The molecule has 0 radical (unpaired) electrons. The summed E-state index contributed by atoms with van der Waals surface area (Å²) in [5.74, 6) is -0.225. The third-order valence-electron chi connectivity index (χ3n) is 2.76. The molecule has 4 nitrogen and oxygen atoms in total. The van der Waals surface area contributed by atoms with Crippen LogP contribution >= 0.6 is 23.2 Å². The molecule has 0 spiro atoms. The van der Waals surface area contributed by atoms with Crippen LogP contribution in [0.5, 0.6) is 5.75 Å². The van der Waals surface area contributed by atoms with E-state index in [4.69, 9.17) is 27.9 Å². The molecule has 2 rings (SSSR count). The summed E-state index contributed by atoms with van der Waals surface area (Å²) in [6.07, 6.45) is 3.04. The molecule has 0 saturated carbocycles. The first kappa shape index (κ1) is 17.1. The quantitative estimate of drug-likeness (QED) is 0.499. The molecular formula is C17H13Cl2NO3. The fourth-order valence-corrected chi connectivity index (χ4v) is 2.04. The Labute approximate surface area is 143 Å². The molecule has 0 heterocycles. The maximum Gasteiger partial charge on any atom is 0.308 e. The second-order valence-corrected chi connectivity index (χ2v) is 5.43. The summed E-state index contributed by atoms with van der Waals surface area (Å²) in [4.78, 5) is 22.7. The van der Waals surface area contributed by atoms with E-state index in [0.717, 1.165) is 5.56 Å². The maximum absolute atomic E-state index is 11.9. The molecule has 0 aliphatic heterocycles. The van der Waals surface area contributed by atoms with E-state index in [2.05, 4.69) is 5.32 Å². The van der Waals surface area contributed by atoms with E-state index in [1.807, 2.05) is 0 Å². The number of ether oxygens (including phenoxy) is 1. The maximum atomic E-state index is 11.9. The highest BCUT2D eigenvalue weighted by Gasteiger charge is 2.02. The Balaban J connectivity index is 1.97. The van der Waals surface area contributed by atoms with Gasteiger partial charge < -0.3 is 10.1 Å². The van der Waals surface area contributed by atoms with Crippen LogP contribution in [-0.2, 0) is 9.59 Å². The summed E-state index contributed by atoms with van der Waals surface area (Å²) in [6, 6.07) is 11.6. The summed E-state index contributed by atoms with van der Waals surface area (Å²) in [5, 5.41) is 3.47. The van der Waals surface area contributed by atoms with E-state index < -0.39 is 0 Å². The molecule has 0 aromatic heterocycles. The van der Waals surface area contributed by atoms with Gasteiger partial charge in [0.2, 0.25) is 5.91 Å². The Morgan fingerprint density at radius 2 is 1.74 bits per heavy atom. The molecule has 2 aromatic carbocycles. The van der Waals surface area contributed by atoms with Crippen molar-refractivity contribution in [2.75, 3.05) is 5.32 Å². The van der Waals surface area contributed by atoms with Crippen molar-refractivity contribution in [2.24, 2.45) is 0 Å². The molecule has 0 saturated heterocycles. The Kier molecular flexibility index (Phi) is 5.79. The Bertz CT molecular complexity index is 755. The van der Waals surface area contributed by atoms with Crippen LogP contribution in [0.25, 0.3) is 6.08 Å². The van der Waals surface area contributed by atoms with Gasteiger partial charge in [-0.05, 0) is 42.0 Å². The lowest BCUT2D eigenvalue weighted by molar-refractivity contribution is -0.131. The monoisotopic (exact) mass is 349 g/mol. The molecule has 0 bridgehead atoms. The van der Waals surface area contributed by atoms with Gasteiger partial charge >= 0.3 is 5.97 Å². The van der Waals surface area contributed by atoms with Crippen LogP contribution in [0.2, 0.25) is 10.0 Å². The number of esters is 1. The third kappa shape index (κ3) is 5.43. The molecule has 0 fully saturated rings. The molecule has 2 aromatic rings. The molecule has 0 atom stereocenters. The third-order valence-corrected chi connectivity index (χ3v) is 3.50. The Hall–Kier alpha value is -2.30. The number of benzene rings is 2. The summed E-state index contributed by atoms with van der Waals surface area (Å²) < 4.78 is 4.93. The summed E-state index contributed by atoms with van der Waals surface area (Å²) >= 11 is 11.7. The van der Waals surface area contributed by atoms with E-state index in [-0.39, 0.29) is 11.9 Å². The molecule has 1 N–H and O–H groups in total. The van der Waals surface area contributed by atoms with Crippen molar-refractivity contribution in [3.63, 3.8) is 0 Å². The summed E-state index contributed by atoms with van der Waals surface area (Å²) in [6.45, 7) is 1.33. The first-order valence-corrected chi connectivity index (χ1v) is 7.42. The highest BCUT2D eigenvalue weighted by atomic mass is 35.5. The standard InChI is InChI=1S/C17H13Cl2NO3/c1-11(21)23-14-6-2-12(3-7-14)4-9-17(22)20-13-5-8-15(18)16(19)10-13/h2-10H,1H3,(H,20,22)/b9-4+. The number of amides is 1. The fourth-order valence-electron chi connectivity index (χ4n) is 1.74. The molecule has 23 heavy (non-hydrogen) atoms. The number of carbonyl (C=O) groups excluding carboxylic acids is 2. The number of hydrogen-bond donors (Lipinski definition) is 1. The zero-order valence-electron chi connectivity index (χ0n) is 12.2. The molecule has 118 valence electrons. The Morgan fingerprint density at radius 1 is 1.04 bits per heavy atom. The second-order valence-electron chi connectivity index (χ2n) is 4.61. The van der Waals surface area contributed by atoms with Gasteiger partial charge in [0.25, 0.3) is 0 Å². The number of rotatable bonds is 4. The highest BCUT2D eigenvalue weighted by molar-refractivity contribution is 6.42. The highest BCUT2D eigenvalue weighted by Crippen LogP contribution is 2.25. The lowest BCUT2D eigenvalue weighted by Crippen LogP contribution is -2.07. The topological polar surface area (TPSA) is 55.4 Å². The molecule has 1 amide bonds. The SMILES string of the molecule is CC(=O)Oc1ccc(/C=C/C(=O)Nc2ccc(Cl)c(Cl)c2)cc1. The van der Waals surface area contributed by atoms with E-state index >= 15 is 0 Å². The smallest absolute Gasteiger partial charge is 0.308 e. The lowest BCUT2D eigenvalue weighted by Gasteiger charge is -2.04. The van der Waals surface area contributed by atoms with Gasteiger partial charge in [0.05, 0.1) is 10.0 Å². The van der Waals surface area contributed by atoms with Gasteiger partial charge in [0.15, 0.2) is 0 Å². The first-order chi connectivity index (χ1) is 10.9. The van der Waals surface area contributed by atoms with Crippen LogP contribution in [0.4, 0.5) is 5.69 Å². The van der Waals surface area contributed by atoms with Crippen molar-refractivity contribution >= 4 is 46.8 Å². The number of anilines is 1. The fraction of sp³-hybridized carbons (Fsp3) is 0.0588. The summed E-state index contributed by atoms with van der Waals surface area (Å²) in [5.41, 5.74) is 1.35. The zero-order valence-corrected chi connectivity index (χ0v) is 13.7. The number of hydrogen-bond acceptors (Lipinski definition) is 3. The minimum absolute atomic E-state index is 0.299. The van der Waals surface area contributed by atoms with Crippen LogP contribution < -0.4 is 10.1 Å². The van der Waals surface area contributed by atoms with Crippen molar-refractivity contribution in [1.82, 2.24) is 0 Å². The largest absolute Gasteiger partial charge is 0.427 e. The average molecular weight is 350 g/mol. The van der Waals surface area contributed by atoms with Gasteiger partial charge in [0.1, 0.15) is 5.75 Å². The lowest BCUT2D eigenvalue weighted by atomic mass is 10.2. The van der Waals surface area contributed by atoms with Crippen molar-refractivity contribution in [3.05, 3.63) is 64.1 Å².